The first-order valence-electron chi connectivity index (χ1n) is 9.17. The van der Waals surface area contributed by atoms with Crippen molar-refractivity contribution in [3.8, 4) is 0 Å². The molecule has 0 saturated heterocycles. The largest absolute Gasteiger partial charge is 0.327 e. The van der Waals surface area contributed by atoms with Crippen molar-refractivity contribution in [1.29, 1.82) is 0 Å². The summed E-state index contributed by atoms with van der Waals surface area (Å²) in [6.07, 6.45) is 0. The van der Waals surface area contributed by atoms with Crippen LogP contribution in [0.3, 0.4) is 0 Å². The van der Waals surface area contributed by atoms with Gasteiger partial charge in [-0.05, 0) is 35.4 Å². The van der Waals surface area contributed by atoms with E-state index in [9.17, 15) is 4.79 Å². The lowest BCUT2D eigenvalue weighted by atomic mass is 9.93. The van der Waals surface area contributed by atoms with Gasteiger partial charge in [-0.3, -0.25) is 0 Å². The highest BCUT2D eigenvalue weighted by Crippen LogP contribution is 2.40. The van der Waals surface area contributed by atoms with Crippen LogP contribution < -0.4 is 10.6 Å². The number of halogens is 1. The molecule has 0 bridgehead atoms. The van der Waals surface area contributed by atoms with E-state index >= 15 is 0 Å². The van der Waals surface area contributed by atoms with E-state index in [2.05, 4.69) is 32.6 Å². The molecule has 0 saturated carbocycles. The summed E-state index contributed by atoms with van der Waals surface area (Å²) in [6.45, 7) is 0. The van der Waals surface area contributed by atoms with Gasteiger partial charge in [0, 0.05) is 10.0 Å². The molecule has 1 unspecified atom stereocenters. The van der Waals surface area contributed by atoms with Crippen molar-refractivity contribution >= 4 is 54.8 Å². The molecule has 6 heteroatoms. The summed E-state index contributed by atoms with van der Waals surface area (Å²) >= 11 is 5.13. The summed E-state index contributed by atoms with van der Waals surface area (Å²) in [4.78, 5) is 17.5. The fourth-order valence-electron chi connectivity index (χ4n) is 3.52. The highest BCUT2D eigenvalue weighted by Gasteiger charge is 2.31. The van der Waals surface area contributed by atoms with Gasteiger partial charge in [0.05, 0.1) is 22.0 Å². The number of benzene rings is 3. The van der Waals surface area contributed by atoms with E-state index in [1.54, 1.807) is 11.3 Å². The predicted octanol–water partition coefficient (Wildman–Crippen LogP) is 5.98. The Hall–Kier alpha value is -2.96. The van der Waals surface area contributed by atoms with Gasteiger partial charge in [-0.2, -0.15) is 0 Å². The molecule has 5 rings (SSSR count). The van der Waals surface area contributed by atoms with Crippen LogP contribution in [0.4, 0.5) is 4.79 Å². The maximum atomic E-state index is 12.6. The minimum absolute atomic E-state index is 0.221. The van der Waals surface area contributed by atoms with E-state index in [1.165, 1.54) is 0 Å². The monoisotopic (exact) mass is 461 g/mol. The van der Waals surface area contributed by atoms with E-state index in [-0.39, 0.29) is 12.1 Å². The van der Waals surface area contributed by atoms with Crippen molar-refractivity contribution in [3.63, 3.8) is 0 Å². The van der Waals surface area contributed by atoms with Gasteiger partial charge in [0.1, 0.15) is 5.01 Å². The summed E-state index contributed by atoms with van der Waals surface area (Å²) in [5.41, 5.74) is 4.68. The zero-order valence-corrected chi connectivity index (χ0v) is 17.6. The van der Waals surface area contributed by atoms with Gasteiger partial charge in [0.15, 0.2) is 0 Å². The number of carbonyl (C=O) groups is 1. The second kappa shape index (κ2) is 7.46. The Labute approximate surface area is 180 Å². The number of urea groups is 1. The normalized spacial score (nSPS) is 16.6. The minimum Gasteiger partial charge on any atom is -0.327 e. The van der Waals surface area contributed by atoms with E-state index in [0.717, 1.165) is 42.1 Å². The smallest absolute Gasteiger partial charge is 0.320 e. The molecule has 0 aliphatic carbocycles. The Balaban J connectivity index is 1.76. The van der Waals surface area contributed by atoms with Crippen molar-refractivity contribution in [3.05, 3.63) is 99.5 Å². The minimum atomic E-state index is -0.299. The summed E-state index contributed by atoms with van der Waals surface area (Å²) in [6, 6.07) is 25.5. The number of nitrogens with zero attached hydrogens (tertiary/aromatic N) is 1. The van der Waals surface area contributed by atoms with Crippen molar-refractivity contribution < 1.29 is 4.79 Å². The Bertz CT molecular complexity index is 1200. The Kier molecular flexibility index (Phi) is 4.66. The molecule has 1 aliphatic heterocycles. The Morgan fingerprint density at radius 3 is 2.38 bits per heavy atom. The van der Waals surface area contributed by atoms with Crippen LogP contribution in [-0.4, -0.2) is 11.0 Å². The maximum absolute atomic E-state index is 12.6. The van der Waals surface area contributed by atoms with Gasteiger partial charge < -0.3 is 10.6 Å². The van der Waals surface area contributed by atoms with E-state index in [0.29, 0.717) is 0 Å². The van der Waals surface area contributed by atoms with Crippen LogP contribution in [0.5, 0.6) is 0 Å². The third-order valence-electron chi connectivity index (χ3n) is 4.86. The lowest BCUT2D eigenvalue weighted by Gasteiger charge is -2.30. The van der Waals surface area contributed by atoms with Crippen molar-refractivity contribution in [2.24, 2.45) is 0 Å². The molecule has 1 aliphatic rings. The van der Waals surface area contributed by atoms with Crippen molar-refractivity contribution in [2.75, 3.05) is 0 Å². The van der Waals surface area contributed by atoms with Gasteiger partial charge in [0.25, 0.3) is 0 Å². The molecule has 2 N–H and O–H groups in total. The Morgan fingerprint density at radius 2 is 1.62 bits per heavy atom. The van der Waals surface area contributed by atoms with Gasteiger partial charge in [-0.25, -0.2) is 9.78 Å². The van der Waals surface area contributed by atoms with Crippen LogP contribution >= 0.6 is 27.3 Å². The molecule has 0 radical (unpaired) electrons. The van der Waals surface area contributed by atoms with Crippen LogP contribution in [0.1, 0.15) is 22.2 Å². The third kappa shape index (κ3) is 3.45. The molecule has 2 amide bonds. The number of aromatic nitrogens is 1. The SMILES string of the molecule is O=C1NC(c2ccccc2)=C(c2nc3ccccc3s2)C(c2ccc(Br)cc2)N1. The number of amides is 2. The van der Waals surface area contributed by atoms with E-state index in [1.807, 2.05) is 72.8 Å². The van der Waals surface area contributed by atoms with Crippen LogP contribution in [0.25, 0.3) is 21.5 Å². The molecule has 3 aromatic carbocycles. The number of rotatable bonds is 3. The molecular formula is C23H16BrN3OS. The van der Waals surface area contributed by atoms with E-state index in [4.69, 9.17) is 4.98 Å². The second-order valence-corrected chi connectivity index (χ2v) is 8.67. The zero-order chi connectivity index (χ0) is 19.8. The first-order chi connectivity index (χ1) is 14.2. The quantitative estimate of drug-likeness (QED) is 0.394. The molecule has 2 heterocycles. The molecule has 1 aromatic heterocycles. The number of para-hydroxylation sites is 1. The molecule has 0 spiro atoms. The summed E-state index contributed by atoms with van der Waals surface area (Å²) in [7, 11) is 0. The van der Waals surface area contributed by atoms with Gasteiger partial charge in [-0.15, -0.1) is 11.3 Å². The molecular weight excluding hydrogens is 446 g/mol. The fraction of sp³-hybridized carbons (Fsp3) is 0.0435. The average molecular weight is 462 g/mol. The number of hydrogen-bond donors (Lipinski definition) is 2. The lowest BCUT2D eigenvalue weighted by molar-refractivity contribution is 0.242. The summed E-state index contributed by atoms with van der Waals surface area (Å²) in [5.74, 6) is 0. The van der Waals surface area contributed by atoms with Crippen molar-refractivity contribution in [1.82, 2.24) is 15.6 Å². The van der Waals surface area contributed by atoms with E-state index < -0.39 is 0 Å². The third-order valence-corrected chi connectivity index (χ3v) is 6.46. The molecule has 4 aromatic rings. The maximum Gasteiger partial charge on any atom is 0.320 e. The summed E-state index contributed by atoms with van der Waals surface area (Å²) < 4.78 is 2.11. The van der Waals surface area contributed by atoms with Crippen molar-refractivity contribution in [2.45, 2.75) is 6.04 Å². The van der Waals surface area contributed by atoms with Crippen LogP contribution in [0.2, 0.25) is 0 Å². The number of fused-ring (bicyclic) bond motifs is 1. The first-order valence-corrected chi connectivity index (χ1v) is 10.8. The highest BCUT2D eigenvalue weighted by atomic mass is 79.9. The highest BCUT2D eigenvalue weighted by molar-refractivity contribution is 9.10. The molecule has 0 fully saturated rings. The second-order valence-electron chi connectivity index (χ2n) is 6.72. The fourth-order valence-corrected chi connectivity index (χ4v) is 4.83. The van der Waals surface area contributed by atoms with Gasteiger partial charge in [-0.1, -0.05) is 70.5 Å². The average Bonchev–Trinajstić information content (AvgIpc) is 3.18. The molecule has 142 valence electrons. The van der Waals surface area contributed by atoms with Gasteiger partial charge >= 0.3 is 6.03 Å². The van der Waals surface area contributed by atoms with Crippen LogP contribution in [-0.2, 0) is 0 Å². The predicted molar refractivity (Wildman–Crippen MR) is 121 cm³/mol. The number of carbonyl (C=O) groups excluding carboxylic acids is 1. The van der Waals surface area contributed by atoms with Gasteiger partial charge in [0.2, 0.25) is 0 Å². The van der Waals surface area contributed by atoms with Crippen LogP contribution in [0, 0.1) is 0 Å². The standard InChI is InChI=1S/C23H16BrN3OS/c24-16-12-10-15(11-13-16)21-19(22-25-17-8-4-5-9-18(17)29-22)20(26-23(28)27-21)14-6-2-1-3-7-14/h1-13,21H,(H2,26,27,28). The number of thiazole rings is 1. The topological polar surface area (TPSA) is 54.0 Å². The number of nitrogens with one attached hydrogen (secondary N) is 2. The first kappa shape index (κ1) is 18.1. The molecule has 1 atom stereocenters. The zero-order valence-electron chi connectivity index (χ0n) is 15.2. The lowest BCUT2D eigenvalue weighted by Crippen LogP contribution is -2.42. The molecule has 4 nitrogen and oxygen atoms in total. The summed E-state index contributed by atoms with van der Waals surface area (Å²) in [5, 5.41) is 7.01. The Morgan fingerprint density at radius 1 is 0.897 bits per heavy atom. The van der Waals surface area contributed by atoms with Crippen LogP contribution in [0.15, 0.2) is 83.3 Å². The molecule has 29 heavy (non-hydrogen) atoms. The number of hydrogen-bond acceptors (Lipinski definition) is 3.